The number of carbonyl (C=O) groups is 1. The molecule has 0 atom stereocenters. The Kier molecular flexibility index (Phi) is 2.40. The molecule has 0 saturated carbocycles. The van der Waals surface area contributed by atoms with Gasteiger partial charge in [0.2, 0.25) is 0 Å². The zero-order valence-electron chi connectivity index (χ0n) is 8.93. The molecule has 1 aromatic carbocycles. The number of ether oxygens (including phenoxy) is 2. The van der Waals surface area contributed by atoms with Crippen molar-refractivity contribution in [1.82, 2.24) is 0 Å². The summed E-state index contributed by atoms with van der Waals surface area (Å²) in [4.78, 5) is 10.7. The molecule has 0 fully saturated rings. The molecule has 0 aliphatic carbocycles. The van der Waals surface area contributed by atoms with E-state index in [1.807, 2.05) is 17.5 Å². The Hall–Kier alpha value is -1.75. The molecule has 0 unspecified atom stereocenters. The number of aliphatic carboxylic acids is 1. The lowest BCUT2D eigenvalue weighted by Gasteiger charge is -2.18. The number of hydrogen-bond donors (Lipinski definition) is 1. The molecule has 17 heavy (non-hydrogen) atoms. The van der Waals surface area contributed by atoms with Gasteiger partial charge in [0.15, 0.2) is 11.5 Å². The molecule has 1 aliphatic heterocycles. The highest BCUT2D eigenvalue weighted by Crippen LogP contribution is 2.38. The number of carboxylic acids is 1. The molecule has 1 aliphatic rings. The van der Waals surface area contributed by atoms with Gasteiger partial charge in [0, 0.05) is 16.2 Å². The minimum absolute atomic E-state index is 0.0413. The molecule has 88 valence electrons. The zero-order valence-corrected chi connectivity index (χ0v) is 9.75. The van der Waals surface area contributed by atoms with Crippen molar-refractivity contribution in [3.05, 3.63) is 23.1 Å². The number of hydrogen-bond acceptors (Lipinski definition) is 4. The highest BCUT2D eigenvalue weighted by Gasteiger charge is 2.16. The first-order valence-corrected chi connectivity index (χ1v) is 6.13. The summed E-state index contributed by atoms with van der Waals surface area (Å²) >= 11 is 1.53. The van der Waals surface area contributed by atoms with E-state index in [0.717, 1.165) is 21.4 Å². The van der Waals surface area contributed by atoms with E-state index < -0.39 is 5.97 Å². The fraction of sp³-hybridized carbons (Fsp3) is 0.250. The van der Waals surface area contributed by atoms with Crippen LogP contribution < -0.4 is 9.47 Å². The maximum atomic E-state index is 10.7. The van der Waals surface area contributed by atoms with E-state index in [0.29, 0.717) is 19.0 Å². The monoisotopic (exact) mass is 250 g/mol. The zero-order chi connectivity index (χ0) is 11.8. The highest BCUT2D eigenvalue weighted by atomic mass is 32.1. The molecule has 5 heteroatoms. The smallest absolute Gasteiger partial charge is 0.307 e. The molecule has 4 nitrogen and oxygen atoms in total. The third kappa shape index (κ3) is 1.82. The van der Waals surface area contributed by atoms with Crippen LogP contribution in [0.5, 0.6) is 11.5 Å². The van der Waals surface area contributed by atoms with Crippen LogP contribution in [0, 0.1) is 0 Å². The van der Waals surface area contributed by atoms with Crippen LogP contribution in [0.2, 0.25) is 0 Å². The van der Waals surface area contributed by atoms with Crippen molar-refractivity contribution < 1.29 is 19.4 Å². The summed E-state index contributed by atoms with van der Waals surface area (Å²) in [6.07, 6.45) is 0.0413. The summed E-state index contributed by atoms with van der Waals surface area (Å²) in [5.41, 5.74) is 0.828. The minimum Gasteiger partial charge on any atom is -0.486 e. The number of fused-ring (bicyclic) bond motifs is 2. The Morgan fingerprint density at radius 1 is 1.29 bits per heavy atom. The van der Waals surface area contributed by atoms with Gasteiger partial charge in [-0.1, -0.05) is 0 Å². The van der Waals surface area contributed by atoms with Gasteiger partial charge in [-0.15, -0.1) is 11.3 Å². The molecule has 0 radical (unpaired) electrons. The third-order valence-electron chi connectivity index (χ3n) is 2.66. The van der Waals surface area contributed by atoms with Gasteiger partial charge in [-0.2, -0.15) is 0 Å². The van der Waals surface area contributed by atoms with E-state index in [2.05, 4.69) is 0 Å². The van der Waals surface area contributed by atoms with Crippen LogP contribution in [-0.2, 0) is 11.2 Å². The lowest BCUT2D eigenvalue weighted by Crippen LogP contribution is -2.15. The van der Waals surface area contributed by atoms with Gasteiger partial charge in [0.05, 0.1) is 6.42 Å². The maximum absolute atomic E-state index is 10.7. The van der Waals surface area contributed by atoms with Gasteiger partial charge in [-0.3, -0.25) is 4.79 Å². The Morgan fingerprint density at radius 2 is 2.00 bits per heavy atom. The van der Waals surface area contributed by atoms with E-state index in [1.165, 1.54) is 11.3 Å². The molecule has 3 rings (SSSR count). The number of carboxylic acid groups (broad SMARTS) is 1. The topological polar surface area (TPSA) is 55.8 Å². The van der Waals surface area contributed by atoms with E-state index in [1.54, 1.807) is 0 Å². The average molecular weight is 250 g/mol. The molecule has 0 amide bonds. The molecule has 0 saturated heterocycles. The van der Waals surface area contributed by atoms with Crippen molar-refractivity contribution in [2.45, 2.75) is 6.42 Å². The fourth-order valence-electron chi connectivity index (χ4n) is 1.92. The Bertz CT molecular complexity index is 587. The molecular formula is C12H10O4S. The Labute approximate surface area is 101 Å². The van der Waals surface area contributed by atoms with Gasteiger partial charge >= 0.3 is 5.97 Å². The number of benzene rings is 1. The number of thiophene rings is 1. The van der Waals surface area contributed by atoms with E-state index in [9.17, 15) is 4.79 Å². The second-order valence-electron chi connectivity index (χ2n) is 3.82. The molecule has 2 heterocycles. The molecular weight excluding hydrogens is 240 g/mol. The largest absolute Gasteiger partial charge is 0.486 e. The summed E-state index contributed by atoms with van der Waals surface area (Å²) in [7, 11) is 0. The SMILES string of the molecule is O=C(O)Cc1csc2cc3c(cc12)OCCO3. The predicted molar refractivity (Wildman–Crippen MR) is 64.2 cm³/mol. The molecule has 1 N–H and O–H groups in total. The highest BCUT2D eigenvalue weighted by molar-refractivity contribution is 7.17. The summed E-state index contributed by atoms with van der Waals surface area (Å²) < 4.78 is 12.0. The Morgan fingerprint density at radius 3 is 2.71 bits per heavy atom. The third-order valence-corrected chi connectivity index (χ3v) is 3.65. The van der Waals surface area contributed by atoms with Crippen molar-refractivity contribution in [2.24, 2.45) is 0 Å². The molecule has 2 aromatic rings. The normalized spacial score (nSPS) is 13.9. The van der Waals surface area contributed by atoms with Crippen LogP contribution in [0.15, 0.2) is 17.5 Å². The quantitative estimate of drug-likeness (QED) is 0.888. The summed E-state index contributed by atoms with van der Waals surface area (Å²) in [6.45, 7) is 1.10. The van der Waals surface area contributed by atoms with Gasteiger partial charge in [0.25, 0.3) is 0 Å². The average Bonchev–Trinajstić information content (AvgIpc) is 2.68. The van der Waals surface area contributed by atoms with Gasteiger partial charge in [-0.05, 0) is 17.0 Å². The first-order chi connectivity index (χ1) is 8.24. The fourth-order valence-corrected chi connectivity index (χ4v) is 2.89. The van der Waals surface area contributed by atoms with Crippen LogP contribution in [0.1, 0.15) is 5.56 Å². The lowest BCUT2D eigenvalue weighted by atomic mass is 10.1. The van der Waals surface area contributed by atoms with Crippen molar-refractivity contribution in [3.8, 4) is 11.5 Å². The van der Waals surface area contributed by atoms with Crippen molar-refractivity contribution in [2.75, 3.05) is 13.2 Å². The van der Waals surface area contributed by atoms with Crippen LogP contribution in [0.25, 0.3) is 10.1 Å². The summed E-state index contributed by atoms with van der Waals surface area (Å²) in [6, 6.07) is 3.79. The summed E-state index contributed by atoms with van der Waals surface area (Å²) in [5.74, 6) is 0.626. The Balaban J connectivity index is 2.12. The van der Waals surface area contributed by atoms with Crippen LogP contribution >= 0.6 is 11.3 Å². The van der Waals surface area contributed by atoms with Gasteiger partial charge in [-0.25, -0.2) is 0 Å². The van der Waals surface area contributed by atoms with Crippen molar-refractivity contribution >= 4 is 27.4 Å². The second kappa shape index (κ2) is 3.92. The summed E-state index contributed by atoms with van der Waals surface area (Å²) in [5, 5.41) is 11.7. The van der Waals surface area contributed by atoms with Crippen molar-refractivity contribution in [3.63, 3.8) is 0 Å². The van der Waals surface area contributed by atoms with E-state index in [4.69, 9.17) is 14.6 Å². The van der Waals surface area contributed by atoms with Gasteiger partial charge < -0.3 is 14.6 Å². The van der Waals surface area contributed by atoms with Crippen LogP contribution in [0.3, 0.4) is 0 Å². The maximum Gasteiger partial charge on any atom is 0.307 e. The van der Waals surface area contributed by atoms with Gasteiger partial charge in [0.1, 0.15) is 13.2 Å². The molecule has 0 bridgehead atoms. The van der Waals surface area contributed by atoms with E-state index >= 15 is 0 Å². The lowest BCUT2D eigenvalue weighted by molar-refractivity contribution is -0.136. The first-order valence-electron chi connectivity index (χ1n) is 5.25. The standard InChI is InChI=1S/C12H10O4S/c13-12(14)3-7-6-17-11-5-10-9(4-8(7)11)15-1-2-16-10/h4-6H,1-3H2,(H,13,14). The second-order valence-corrected chi connectivity index (χ2v) is 4.73. The predicted octanol–water partition coefficient (Wildman–Crippen LogP) is 2.30. The molecule has 0 spiro atoms. The molecule has 1 aromatic heterocycles. The van der Waals surface area contributed by atoms with Crippen LogP contribution in [0.4, 0.5) is 0 Å². The first kappa shape index (κ1) is 10.4. The van der Waals surface area contributed by atoms with Crippen molar-refractivity contribution in [1.29, 1.82) is 0 Å². The number of rotatable bonds is 2. The van der Waals surface area contributed by atoms with Crippen LogP contribution in [-0.4, -0.2) is 24.3 Å². The van der Waals surface area contributed by atoms with E-state index in [-0.39, 0.29) is 6.42 Å². The minimum atomic E-state index is -0.820.